The number of carbonyl (C=O) groups is 3. The Balaban J connectivity index is 1.40. The molecule has 1 fully saturated rings. The van der Waals surface area contributed by atoms with E-state index in [-0.39, 0.29) is 25.0 Å². The first-order chi connectivity index (χ1) is 13.9. The van der Waals surface area contributed by atoms with Crippen molar-refractivity contribution < 1.29 is 23.9 Å². The van der Waals surface area contributed by atoms with Gasteiger partial charge in [-0.15, -0.1) is 0 Å². The van der Waals surface area contributed by atoms with E-state index >= 15 is 0 Å². The maximum Gasteiger partial charge on any atom is 0.321 e. The van der Waals surface area contributed by atoms with E-state index in [1.54, 1.807) is 11.0 Å². The van der Waals surface area contributed by atoms with E-state index in [2.05, 4.69) is 10.6 Å². The van der Waals surface area contributed by atoms with Gasteiger partial charge in [0, 0.05) is 32.7 Å². The van der Waals surface area contributed by atoms with Crippen LogP contribution < -0.4 is 20.1 Å². The second kappa shape index (κ2) is 9.60. The third-order valence-corrected chi connectivity index (χ3v) is 4.76. The number of carbonyl (C=O) groups excluding carboxylic acids is 3. The van der Waals surface area contributed by atoms with E-state index in [1.165, 1.54) is 0 Å². The van der Waals surface area contributed by atoms with Crippen molar-refractivity contribution in [2.75, 3.05) is 45.9 Å². The molecule has 0 aromatic heterocycles. The zero-order chi connectivity index (χ0) is 20.8. The molecule has 2 heterocycles. The third-order valence-electron chi connectivity index (χ3n) is 4.76. The van der Waals surface area contributed by atoms with E-state index in [0.717, 1.165) is 0 Å². The van der Waals surface area contributed by atoms with E-state index in [0.29, 0.717) is 50.1 Å². The van der Waals surface area contributed by atoms with Gasteiger partial charge < -0.3 is 19.7 Å². The van der Waals surface area contributed by atoms with Crippen molar-refractivity contribution in [1.29, 1.82) is 0 Å². The van der Waals surface area contributed by atoms with Crippen LogP contribution in [-0.4, -0.2) is 79.6 Å². The van der Waals surface area contributed by atoms with Gasteiger partial charge in [-0.25, -0.2) is 4.79 Å². The van der Waals surface area contributed by atoms with Crippen molar-refractivity contribution in [2.45, 2.75) is 20.0 Å². The molecule has 0 unspecified atom stereocenters. The fourth-order valence-electron chi connectivity index (χ4n) is 3.18. The number of rotatable bonds is 5. The Morgan fingerprint density at radius 1 is 1.10 bits per heavy atom. The topological polar surface area (TPSA) is 100 Å². The molecular formula is C20H28N4O5. The van der Waals surface area contributed by atoms with Crippen molar-refractivity contribution in [3.05, 3.63) is 24.3 Å². The largest absolute Gasteiger partial charge is 0.485 e. The highest BCUT2D eigenvalue weighted by Crippen LogP contribution is 2.31. The first-order valence-electron chi connectivity index (χ1n) is 9.89. The number of piperazine rings is 1. The average Bonchev–Trinajstić information content (AvgIpc) is 2.72. The monoisotopic (exact) mass is 404 g/mol. The Hall–Kier alpha value is -2.81. The number of hydrogen-bond donors (Lipinski definition) is 2. The van der Waals surface area contributed by atoms with Crippen LogP contribution in [0, 0.1) is 5.92 Å². The van der Waals surface area contributed by atoms with Gasteiger partial charge in [0.05, 0.1) is 6.54 Å². The number of nitrogens with zero attached hydrogens (tertiary/aromatic N) is 2. The fourth-order valence-corrected chi connectivity index (χ4v) is 3.18. The number of amides is 4. The molecule has 2 aliphatic heterocycles. The van der Waals surface area contributed by atoms with Crippen molar-refractivity contribution in [1.82, 2.24) is 20.4 Å². The van der Waals surface area contributed by atoms with E-state index in [4.69, 9.17) is 9.47 Å². The van der Waals surface area contributed by atoms with Gasteiger partial charge in [0.1, 0.15) is 6.61 Å². The summed E-state index contributed by atoms with van der Waals surface area (Å²) >= 11 is 0. The van der Waals surface area contributed by atoms with Crippen LogP contribution in [0.2, 0.25) is 0 Å². The molecule has 2 N–H and O–H groups in total. The SMILES string of the molecule is CC(C)CNC(=O)NC(=O)CN1CCN(C(=O)[C@@H]2COc3ccccc3O2)CC1. The lowest BCUT2D eigenvalue weighted by atomic mass is 10.2. The molecule has 0 saturated carbocycles. The molecule has 0 radical (unpaired) electrons. The summed E-state index contributed by atoms with van der Waals surface area (Å²) in [6.45, 7) is 6.86. The zero-order valence-electron chi connectivity index (χ0n) is 16.8. The molecule has 1 aromatic carbocycles. The van der Waals surface area contributed by atoms with Crippen molar-refractivity contribution >= 4 is 17.8 Å². The van der Waals surface area contributed by atoms with Crippen molar-refractivity contribution in [2.24, 2.45) is 5.92 Å². The van der Waals surface area contributed by atoms with Crippen molar-refractivity contribution in [3.8, 4) is 11.5 Å². The normalized spacial score (nSPS) is 19.0. The molecule has 0 aliphatic carbocycles. The Morgan fingerprint density at radius 3 is 2.48 bits per heavy atom. The number of nitrogens with one attached hydrogen (secondary N) is 2. The van der Waals surface area contributed by atoms with Crippen LogP contribution in [0.5, 0.6) is 11.5 Å². The molecule has 1 saturated heterocycles. The summed E-state index contributed by atoms with van der Waals surface area (Å²) < 4.78 is 11.4. The Bertz CT molecular complexity index is 746. The van der Waals surface area contributed by atoms with Gasteiger partial charge in [0.2, 0.25) is 12.0 Å². The zero-order valence-corrected chi connectivity index (χ0v) is 16.8. The van der Waals surface area contributed by atoms with Gasteiger partial charge in [0.15, 0.2) is 11.5 Å². The third kappa shape index (κ3) is 5.83. The molecule has 9 nitrogen and oxygen atoms in total. The minimum atomic E-state index is -0.663. The highest BCUT2D eigenvalue weighted by atomic mass is 16.6. The van der Waals surface area contributed by atoms with Gasteiger partial charge >= 0.3 is 6.03 Å². The van der Waals surface area contributed by atoms with Gasteiger partial charge in [-0.3, -0.25) is 19.8 Å². The van der Waals surface area contributed by atoms with Crippen LogP contribution in [0.3, 0.4) is 0 Å². The number of imide groups is 1. The molecule has 158 valence electrons. The average molecular weight is 404 g/mol. The molecule has 1 atom stereocenters. The summed E-state index contributed by atoms with van der Waals surface area (Å²) in [5, 5.41) is 4.98. The summed E-state index contributed by atoms with van der Waals surface area (Å²) in [6.07, 6.45) is -0.663. The molecule has 0 bridgehead atoms. The van der Waals surface area contributed by atoms with E-state index in [1.807, 2.05) is 36.9 Å². The molecular weight excluding hydrogens is 376 g/mol. The molecule has 4 amide bonds. The molecule has 3 rings (SSSR count). The summed E-state index contributed by atoms with van der Waals surface area (Å²) in [5.41, 5.74) is 0. The van der Waals surface area contributed by atoms with Crippen LogP contribution in [0.1, 0.15) is 13.8 Å². The second-order valence-electron chi connectivity index (χ2n) is 7.62. The highest BCUT2D eigenvalue weighted by molar-refractivity contribution is 5.95. The maximum absolute atomic E-state index is 12.7. The van der Waals surface area contributed by atoms with E-state index < -0.39 is 12.1 Å². The van der Waals surface area contributed by atoms with Crippen LogP contribution in [-0.2, 0) is 9.59 Å². The Kier molecular flexibility index (Phi) is 6.92. The lowest BCUT2D eigenvalue weighted by Crippen LogP contribution is -2.55. The number of urea groups is 1. The molecule has 2 aliphatic rings. The van der Waals surface area contributed by atoms with Gasteiger partial charge in [0.25, 0.3) is 5.91 Å². The minimum Gasteiger partial charge on any atom is -0.485 e. The second-order valence-corrected chi connectivity index (χ2v) is 7.62. The smallest absolute Gasteiger partial charge is 0.321 e. The van der Waals surface area contributed by atoms with Gasteiger partial charge in [-0.1, -0.05) is 26.0 Å². The summed E-state index contributed by atoms with van der Waals surface area (Å²) in [7, 11) is 0. The Morgan fingerprint density at radius 2 is 1.79 bits per heavy atom. The standard InChI is InChI=1S/C20H28N4O5/c1-14(2)11-21-20(27)22-18(25)12-23-7-9-24(10-8-23)19(26)17-13-28-15-5-3-4-6-16(15)29-17/h3-6,14,17H,7-13H2,1-2H3,(H2,21,22,25,27)/t17-/m0/s1. The molecule has 1 aromatic rings. The number of fused-ring (bicyclic) bond motifs is 1. The maximum atomic E-state index is 12.7. The first-order valence-corrected chi connectivity index (χ1v) is 9.89. The van der Waals surface area contributed by atoms with Crippen LogP contribution in [0.4, 0.5) is 4.79 Å². The molecule has 29 heavy (non-hydrogen) atoms. The van der Waals surface area contributed by atoms with Crippen LogP contribution in [0.15, 0.2) is 24.3 Å². The predicted molar refractivity (Wildman–Crippen MR) is 106 cm³/mol. The lowest BCUT2D eigenvalue weighted by Gasteiger charge is -2.36. The minimum absolute atomic E-state index is 0.114. The first kappa shape index (κ1) is 20.9. The quantitative estimate of drug-likeness (QED) is 0.739. The highest BCUT2D eigenvalue weighted by Gasteiger charge is 2.32. The predicted octanol–water partition coefficient (Wildman–Crippen LogP) is 0.452. The van der Waals surface area contributed by atoms with Crippen LogP contribution in [0.25, 0.3) is 0 Å². The summed E-state index contributed by atoms with van der Waals surface area (Å²) in [5.74, 6) is 1.06. The number of para-hydroxylation sites is 2. The van der Waals surface area contributed by atoms with Crippen LogP contribution >= 0.6 is 0 Å². The summed E-state index contributed by atoms with van der Waals surface area (Å²) in [6, 6.07) is 6.80. The molecule has 9 heteroatoms. The van der Waals surface area contributed by atoms with E-state index in [9.17, 15) is 14.4 Å². The lowest BCUT2D eigenvalue weighted by molar-refractivity contribution is -0.143. The summed E-state index contributed by atoms with van der Waals surface area (Å²) in [4.78, 5) is 40.1. The number of ether oxygens (including phenoxy) is 2. The van der Waals surface area contributed by atoms with Gasteiger partial charge in [-0.05, 0) is 18.1 Å². The molecule has 0 spiro atoms. The van der Waals surface area contributed by atoms with Gasteiger partial charge in [-0.2, -0.15) is 0 Å². The Labute approximate surface area is 170 Å². The fraction of sp³-hybridized carbons (Fsp3) is 0.550. The number of benzene rings is 1. The number of hydrogen-bond acceptors (Lipinski definition) is 6. The van der Waals surface area contributed by atoms with Crippen molar-refractivity contribution in [3.63, 3.8) is 0 Å².